The number of nitrogens with one attached hydrogen (secondary N) is 1. The smallest absolute Gasteiger partial charge is 0.0409 e. The van der Waals surface area contributed by atoms with Crippen molar-refractivity contribution < 1.29 is 0 Å². The van der Waals surface area contributed by atoms with E-state index in [0.717, 1.165) is 12.2 Å². The SMILES string of the molecule is CCc1cccc(C(CSC(C)(C)C)NC)c1. The molecule has 1 aromatic rings. The first-order chi connectivity index (χ1) is 7.96. The maximum atomic E-state index is 3.42. The number of thioether (sulfide) groups is 1. The van der Waals surface area contributed by atoms with Crippen LogP contribution in [0.25, 0.3) is 0 Å². The highest BCUT2D eigenvalue weighted by Gasteiger charge is 2.16. The van der Waals surface area contributed by atoms with Crippen LogP contribution in [0.2, 0.25) is 0 Å². The lowest BCUT2D eigenvalue weighted by molar-refractivity contribution is 0.655. The predicted octanol–water partition coefficient (Wildman–Crippen LogP) is 4.04. The molecule has 0 heterocycles. The van der Waals surface area contributed by atoms with Crippen LogP contribution in [0, 0.1) is 0 Å². The van der Waals surface area contributed by atoms with Gasteiger partial charge in [-0.15, -0.1) is 0 Å². The van der Waals surface area contributed by atoms with Crippen molar-refractivity contribution in [2.24, 2.45) is 0 Å². The van der Waals surface area contributed by atoms with Crippen LogP contribution in [0.15, 0.2) is 24.3 Å². The van der Waals surface area contributed by atoms with Crippen LogP contribution in [0.4, 0.5) is 0 Å². The summed E-state index contributed by atoms with van der Waals surface area (Å²) < 4.78 is 0.331. The zero-order valence-corrected chi connectivity index (χ0v) is 12.5. The molecule has 1 nitrogen and oxygen atoms in total. The summed E-state index contributed by atoms with van der Waals surface area (Å²) in [5.41, 5.74) is 2.83. The van der Waals surface area contributed by atoms with Gasteiger partial charge in [0, 0.05) is 16.5 Å². The van der Waals surface area contributed by atoms with Gasteiger partial charge in [0.1, 0.15) is 0 Å². The van der Waals surface area contributed by atoms with Crippen LogP contribution in [-0.2, 0) is 6.42 Å². The highest BCUT2D eigenvalue weighted by molar-refractivity contribution is 8.00. The maximum Gasteiger partial charge on any atom is 0.0409 e. The molecular formula is C15H25NS. The van der Waals surface area contributed by atoms with Gasteiger partial charge < -0.3 is 5.32 Å². The molecule has 0 aliphatic rings. The molecule has 1 aromatic carbocycles. The van der Waals surface area contributed by atoms with Crippen LogP contribution in [0.5, 0.6) is 0 Å². The molecule has 0 spiro atoms. The van der Waals surface area contributed by atoms with Crippen molar-refractivity contribution >= 4 is 11.8 Å². The molecule has 0 saturated heterocycles. The van der Waals surface area contributed by atoms with Gasteiger partial charge in [-0.2, -0.15) is 11.8 Å². The number of hydrogen-bond donors (Lipinski definition) is 1. The number of hydrogen-bond acceptors (Lipinski definition) is 2. The van der Waals surface area contributed by atoms with Crippen molar-refractivity contribution in [1.82, 2.24) is 5.32 Å². The largest absolute Gasteiger partial charge is 0.312 e. The van der Waals surface area contributed by atoms with Crippen LogP contribution in [-0.4, -0.2) is 17.5 Å². The van der Waals surface area contributed by atoms with Crippen molar-refractivity contribution in [3.8, 4) is 0 Å². The molecule has 0 aromatic heterocycles. The Morgan fingerprint density at radius 1 is 1.29 bits per heavy atom. The Balaban J connectivity index is 2.72. The minimum atomic E-state index is 0.331. The third-order valence-electron chi connectivity index (χ3n) is 2.79. The van der Waals surface area contributed by atoms with Gasteiger partial charge in [0.25, 0.3) is 0 Å². The van der Waals surface area contributed by atoms with Gasteiger partial charge in [-0.25, -0.2) is 0 Å². The van der Waals surface area contributed by atoms with Crippen LogP contribution < -0.4 is 5.32 Å². The van der Waals surface area contributed by atoms with Crippen molar-refractivity contribution in [1.29, 1.82) is 0 Å². The number of rotatable bonds is 5. The van der Waals surface area contributed by atoms with E-state index in [0.29, 0.717) is 10.8 Å². The van der Waals surface area contributed by atoms with Gasteiger partial charge >= 0.3 is 0 Å². The molecule has 2 heteroatoms. The van der Waals surface area contributed by atoms with Gasteiger partial charge in [0.05, 0.1) is 0 Å². The first-order valence-corrected chi connectivity index (χ1v) is 7.35. The van der Waals surface area contributed by atoms with E-state index in [4.69, 9.17) is 0 Å². The third-order valence-corrected chi connectivity index (χ3v) is 4.16. The fourth-order valence-corrected chi connectivity index (χ4v) is 2.74. The molecule has 1 rings (SSSR count). The van der Waals surface area contributed by atoms with Crippen LogP contribution in [0.1, 0.15) is 44.9 Å². The molecule has 0 radical (unpaired) electrons. The molecule has 0 saturated carbocycles. The van der Waals surface area contributed by atoms with Crippen molar-refractivity contribution in [2.45, 2.75) is 44.9 Å². The standard InChI is InChI=1S/C15H25NS/c1-6-12-8-7-9-13(10-12)14(16-5)11-17-15(2,3)4/h7-10,14,16H,6,11H2,1-5H3. The summed E-state index contributed by atoms with van der Waals surface area (Å²) in [7, 11) is 2.05. The molecule has 0 aliphatic heterocycles. The molecule has 0 bridgehead atoms. The molecule has 0 aliphatic carbocycles. The fourth-order valence-electron chi connectivity index (χ4n) is 1.71. The second-order valence-electron chi connectivity index (χ2n) is 5.36. The van der Waals surface area contributed by atoms with Crippen molar-refractivity contribution in [3.05, 3.63) is 35.4 Å². The first-order valence-electron chi connectivity index (χ1n) is 6.36. The Kier molecular flexibility index (Phi) is 5.54. The van der Waals surface area contributed by atoms with Crippen molar-refractivity contribution in [2.75, 3.05) is 12.8 Å². The Bertz CT molecular complexity index is 341. The number of aryl methyl sites for hydroxylation is 1. The highest BCUT2D eigenvalue weighted by Crippen LogP contribution is 2.28. The molecule has 1 atom stereocenters. The Morgan fingerprint density at radius 2 is 2.00 bits per heavy atom. The van der Waals surface area contributed by atoms with Gasteiger partial charge in [0.2, 0.25) is 0 Å². The fraction of sp³-hybridized carbons (Fsp3) is 0.600. The quantitative estimate of drug-likeness (QED) is 0.847. The lowest BCUT2D eigenvalue weighted by Crippen LogP contribution is -2.21. The predicted molar refractivity (Wildman–Crippen MR) is 79.8 cm³/mol. The van der Waals surface area contributed by atoms with E-state index < -0.39 is 0 Å². The molecule has 17 heavy (non-hydrogen) atoms. The van der Waals surface area contributed by atoms with E-state index in [-0.39, 0.29) is 0 Å². The average molecular weight is 251 g/mol. The molecule has 96 valence electrons. The van der Waals surface area contributed by atoms with E-state index in [1.807, 2.05) is 18.8 Å². The molecule has 1 N–H and O–H groups in total. The Morgan fingerprint density at radius 3 is 2.53 bits per heavy atom. The highest BCUT2D eigenvalue weighted by atomic mass is 32.2. The van der Waals surface area contributed by atoms with Gasteiger partial charge in [-0.3, -0.25) is 0 Å². The summed E-state index contributed by atoms with van der Waals surface area (Å²) in [6.45, 7) is 9.02. The van der Waals surface area contributed by atoms with Crippen LogP contribution >= 0.6 is 11.8 Å². The van der Waals surface area contributed by atoms with Gasteiger partial charge in [-0.1, -0.05) is 52.0 Å². The summed E-state index contributed by atoms with van der Waals surface area (Å²) in [5.74, 6) is 1.12. The lowest BCUT2D eigenvalue weighted by atomic mass is 10.0. The third kappa shape index (κ3) is 5.13. The molecule has 0 fully saturated rings. The number of benzene rings is 1. The zero-order valence-electron chi connectivity index (χ0n) is 11.7. The summed E-state index contributed by atoms with van der Waals surface area (Å²) in [5, 5.41) is 3.42. The van der Waals surface area contributed by atoms with Crippen LogP contribution in [0.3, 0.4) is 0 Å². The summed E-state index contributed by atoms with van der Waals surface area (Å²) in [4.78, 5) is 0. The maximum absolute atomic E-state index is 3.42. The molecule has 1 unspecified atom stereocenters. The van der Waals surface area contributed by atoms with E-state index in [1.54, 1.807) is 0 Å². The molecule has 0 amide bonds. The minimum absolute atomic E-state index is 0.331. The normalized spacial score (nSPS) is 13.7. The van der Waals surface area contributed by atoms with E-state index in [2.05, 4.69) is 57.3 Å². The molecular weight excluding hydrogens is 226 g/mol. The Hall–Kier alpha value is -0.470. The van der Waals surface area contributed by atoms with Gasteiger partial charge in [0.15, 0.2) is 0 Å². The van der Waals surface area contributed by atoms with E-state index >= 15 is 0 Å². The van der Waals surface area contributed by atoms with E-state index in [1.165, 1.54) is 11.1 Å². The topological polar surface area (TPSA) is 12.0 Å². The van der Waals surface area contributed by atoms with E-state index in [9.17, 15) is 0 Å². The monoisotopic (exact) mass is 251 g/mol. The second-order valence-corrected chi connectivity index (χ2v) is 7.21. The minimum Gasteiger partial charge on any atom is -0.312 e. The second kappa shape index (κ2) is 6.46. The summed E-state index contributed by atoms with van der Waals surface area (Å²) >= 11 is 2.01. The van der Waals surface area contributed by atoms with Gasteiger partial charge in [-0.05, 0) is 24.6 Å². The Labute approximate surface area is 110 Å². The first kappa shape index (κ1) is 14.6. The summed E-state index contributed by atoms with van der Waals surface area (Å²) in [6, 6.07) is 9.37. The summed E-state index contributed by atoms with van der Waals surface area (Å²) in [6.07, 6.45) is 1.11. The average Bonchev–Trinajstić information content (AvgIpc) is 2.29. The zero-order chi connectivity index (χ0) is 12.9. The lowest BCUT2D eigenvalue weighted by Gasteiger charge is -2.23. The van der Waals surface area contributed by atoms with Crippen molar-refractivity contribution in [3.63, 3.8) is 0 Å².